The van der Waals surface area contributed by atoms with Gasteiger partial charge >= 0.3 is 12.0 Å². The topological polar surface area (TPSA) is 89.9 Å². The van der Waals surface area contributed by atoms with Gasteiger partial charge in [-0.15, -0.1) is 0 Å². The Balaban J connectivity index is 1.61. The van der Waals surface area contributed by atoms with Gasteiger partial charge in [0, 0.05) is 19.6 Å². The highest BCUT2D eigenvalue weighted by Gasteiger charge is 2.55. The van der Waals surface area contributed by atoms with Gasteiger partial charge in [-0.05, 0) is 36.5 Å². The van der Waals surface area contributed by atoms with Crippen molar-refractivity contribution in [1.29, 1.82) is 0 Å². The molecule has 0 spiro atoms. The molecule has 2 aliphatic rings. The van der Waals surface area contributed by atoms with Crippen LogP contribution in [0.2, 0.25) is 0 Å². The van der Waals surface area contributed by atoms with Gasteiger partial charge in [0.1, 0.15) is 5.75 Å². The predicted molar refractivity (Wildman–Crippen MR) is 79.3 cm³/mol. The number of hydrogen-bond donors (Lipinski definition) is 3. The summed E-state index contributed by atoms with van der Waals surface area (Å²) in [5, 5.41) is 21.7. The van der Waals surface area contributed by atoms with Gasteiger partial charge in [0.2, 0.25) is 0 Å². The molecule has 1 saturated carbocycles. The number of nitrogens with zero attached hydrogens (tertiary/aromatic N) is 1. The van der Waals surface area contributed by atoms with E-state index in [9.17, 15) is 19.8 Å². The number of hydrogen-bond acceptors (Lipinski definition) is 3. The van der Waals surface area contributed by atoms with Crippen LogP contribution in [0.5, 0.6) is 5.75 Å². The van der Waals surface area contributed by atoms with Gasteiger partial charge in [0.25, 0.3) is 0 Å². The van der Waals surface area contributed by atoms with Gasteiger partial charge in [-0.3, -0.25) is 4.79 Å². The van der Waals surface area contributed by atoms with Crippen LogP contribution in [0.15, 0.2) is 24.3 Å². The Hall–Kier alpha value is -2.24. The second kappa shape index (κ2) is 5.51. The van der Waals surface area contributed by atoms with Crippen LogP contribution >= 0.6 is 0 Å². The number of carbonyl (C=O) groups excluding carboxylic acids is 1. The summed E-state index contributed by atoms with van der Waals surface area (Å²) in [7, 11) is 0. The number of carboxylic acid groups (broad SMARTS) is 1. The minimum Gasteiger partial charge on any atom is -0.508 e. The molecule has 1 saturated heterocycles. The average molecular weight is 304 g/mol. The number of aliphatic carboxylic acids is 1. The van der Waals surface area contributed by atoms with E-state index in [1.165, 1.54) is 0 Å². The molecule has 2 amide bonds. The molecule has 0 radical (unpaired) electrons. The first-order valence-corrected chi connectivity index (χ1v) is 7.55. The van der Waals surface area contributed by atoms with Gasteiger partial charge in [0.15, 0.2) is 0 Å². The third-order valence-electron chi connectivity index (χ3n) is 4.94. The fraction of sp³-hybridized carbons (Fsp3) is 0.500. The second-order valence-corrected chi connectivity index (χ2v) is 6.26. The zero-order valence-corrected chi connectivity index (χ0v) is 12.3. The van der Waals surface area contributed by atoms with Crippen molar-refractivity contribution in [1.82, 2.24) is 10.2 Å². The number of fused-ring (bicyclic) bond motifs is 1. The predicted octanol–water partition coefficient (Wildman–Crippen LogP) is 1.79. The molecular weight excluding hydrogens is 284 g/mol. The Morgan fingerprint density at radius 2 is 2.23 bits per heavy atom. The Labute approximate surface area is 128 Å². The average Bonchev–Trinajstić information content (AvgIpc) is 3.02. The molecule has 1 heterocycles. The van der Waals surface area contributed by atoms with Gasteiger partial charge < -0.3 is 20.4 Å². The zero-order valence-electron chi connectivity index (χ0n) is 12.3. The SMILES string of the molecule is O=C(NCc1cccc(O)c1)N1C[C@@H]2CCC[C@@]2(C(=O)O)C1. The first-order chi connectivity index (χ1) is 10.5. The Morgan fingerprint density at radius 1 is 1.41 bits per heavy atom. The molecule has 1 aromatic rings. The van der Waals surface area contributed by atoms with Crippen LogP contribution in [0, 0.1) is 11.3 Å². The number of phenolic OH excluding ortho intramolecular Hbond substituents is 1. The number of carboxylic acids is 1. The monoisotopic (exact) mass is 304 g/mol. The molecule has 22 heavy (non-hydrogen) atoms. The van der Waals surface area contributed by atoms with Crippen molar-refractivity contribution in [3.05, 3.63) is 29.8 Å². The quantitative estimate of drug-likeness (QED) is 0.794. The summed E-state index contributed by atoms with van der Waals surface area (Å²) in [6.45, 7) is 1.12. The maximum absolute atomic E-state index is 12.3. The van der Waals surface area contributed by atoms with Crippen molar-refractivity contribution in [3.63, 3.8) is 0 Å². The number of carbonyl (C=O) groups is 2. The van der Waals surface area contributed by atoms with Crippen molar-refractivity contribution < 1.29 is 19.8 Å². The first kappa shape index (κ1) is 14.7. The second-order valence-electron chi connectivity index (χ2n) is 6.26. The number of rotatable bonds is 3. The summed E-state index contributed by atoms with van der Waals surface area (Å²) in [5.74, 6) is -0.554. The fourth-order valence-corrected chi connectivity index (χ4v) is 3.75. The molecule has 0 aromatic heterocycles. The van der Waals surface area contributed by atoms with E-state index in [0.717, 1.165) is 18.4 Å². The largest absolute Gasteiger partial charge is 0.508 e. The number of nitrogens with one attached hydrogen (secondary N) is 1. The van der Waals surface area contributed by atoms with Crippen molar-refractivity contribution in [2.24, 2.45) is 11.3 Å². The first-order valence-electron chi connectivity index (χ1n) is 7.55. The van der Waals surface area contributed by atoms with Crippen LogP contribution in [-0.2, 0) is 11.3 Å². The number of aromatic hydroxyl groups is 1. The summed E-state index contributed by atoms with van der Waals surface area (Å²) < 4.78 is 0. The van der Waals surface area contributed by atoms with Crippen LogP contribution in [-0.4, -0.2) is 40.2 Å². The molecule has 6 nitrogen and oxygen atoms in total. The molecule has 0 bridgehead atoms. The third kappa shape index (κ3) is 2.49. The highest BCUT2D eigenvalue weighted by Crippen LogP contribution is 2.48. The lowest BCUT2D eigenvalue weighted by Gasteiger charge is -2.23. The number of likely N-dealkylation sites (tertiary alicyclic amines) is 1. The van der Waals surface area contributed by atoms with Crippen LogP contribution in [0.3, 0.4) is 0 Å². The summed E-state index contributed by atoms with van der Waals surface area (Å²) in [4.78, 5) is 25.5. The Kier molecular flexibility index (Phi) is 3.68. The molecule has 118 valence electrons. The lowest BCUT2D eigenvalue weighted by atomic mass is 9.81. The standard InChI is InChI=1S/C16H20N2O4/c19-13-5-1-3-11(7-13)8-17-15(22)18-9-12-4-2-6-16(12,10-18)14(20)21/h1,3,5,7,12,19H,2,4,6,8-10H2,(H,17,22)(H,20,21)/t12-,16+/m0/s1. The van der Waals surface area contributed by atoms with E-state index in [-0.39, 0.29) is 17.7 Å². The molecule has 6 heteroatoms. The van der Waals surface area contributed by atoms with E-state index >= 15 is 0 Å². The molecule has 2 fully saturated rings. The molecule has 1 aromatic carbocycles. The lowest BCUT2D eigenvalue weighted by molar-refractivity contribution is -0.149. The van der Waals surface area contributed by atoms with E-state index in [0.29, 0.717) is 26.1 Å². The van der Waals surface area contributed by atoms with Crippen molar-refractivity contribution in [2.75, 3.05) is 13.1 Å². The minimum absolute atomic E-state index is 0.0662. The number of benzene rings is 1. The molecule has 0 unspecified atom stereocenters. The maximum Gasteiger partial charge on any atom is 0.317 e. The lowest BCUT2D eigenvalue weighted by Crippen LogP contribution is -2.41. The van der Waals surface area contributed by atoms with Gasteiger partial charge in [-0.1, -0.05) is 18.6 Å². The minimum atomic E-state index is -0.779. The molecule has 1 aliphatic carbocycles. The summed E-state index contributed by atoms with van der Waals surface area (Å²) in [6.07, 6.45) is 2.46. The normalized spacial score (nSPS) is 26.7. The molecule has 3 N–H and O–H groups in total. The van der Waals surface area contributed by atoms with Crippen molar-refractivity contribution >= 4 is 12.0 Å². The van der Waals surface area contributed by atoms with Gasteiger partial charge in [-0.25, -0.2) is 4.79 Å². The number of phenols is 1. The summed E-state index contributed by atoms with van der Waals surface area (Å²) in [5.41, 5.74) is 0.0585. The van der Waals surface area contributed by atoms with Crippen LogP contribution < -0.4 is 5.32 Å². The molecule has 2 atom stereocenters. The van der Waals surface area contributed by atoms with E-state index in [1.54, 1.807) is 23.1 Å². The van der Waals surface area contributed by atoms with E-state index in [4.69, 9.17) is 0 Å². The van der Waals surface area contributed by atoms with Gasteiger partial charge in [0.05, 0.1) is 5.41 Å². The summed E-state index contributed by atoms with van der Waals surface area (Å²) >= 11 is 0. The van der Waals surface area contributed by atoms with E-state index < -0.39 is 11.4 Å². The molecular formula is C16H20N2O4. The molecule has 1 aliphatic heterocycles. The highest BCUT2D eigenvalue weighted by atomic mass is 16.4. The van der Waals surface area contributed by atoms with E-state index in [1.807, 2.05) is 6.07 Å². The van der Waals surface area contributed by atoms with Crippen molar-refractivity contribution in [3.8, 4) is 5.75 Å². The van der Waals surface area contributed by atoms with Crippen molar-refractivity contribution in [2.45, 2.75) is 25.8 Å². The zero-order chi connectivity index (χ0) is 15.7. The van der Waals surface area contributed by atoms with E-state index in [2.05, 4.69) is 5.32 Å². The highest BCUT2D eigenvalue weighted by molar-refractivity contribution is 5.80. The maximum atomic E-state index is 12.3. The third-order valence-corrected chi connectivity index (χ3v) is 4.94. The smallest absolute Gasteiger partial charge is 0.317 e. The van der Waals surface area contributed by atoms with Crippen LogP contribution in [0.1, 0.15) is 24.8 Å². The van der Waals surface area contributed by atoms with Crippen LogP contribution in [0.25, 0.3) is 0 Å². The number of urea groups is 1. The number of amides is 2. The van der Waals surface area contributed by atoms with Crippen LogP contribution in [0.4, 0.5) is 4.79 Å². The Bertz CT molecular complexity index is 604. The molecule has 3 rings (SSSR count). The fourth-order valence-electron chi connectivity index (χ4n) is 3.75. The van der Waals surface area contributed by atoms with Gasteiger partial charge in [-0.2, -0.15) is 0 Å². The summed E-state index contributed by atoms with van der Waals surface area (Å²) in [6, 6.07) is 6.47. The Morgan fingerprint density at radius 3 is 2.91 bits per heavy atom.